The van der Waals surface area contributed by atoms with Crippen molar-refractivity contribution in [3.05, 3.63) is 23.4 Å². The van der Waals surface area contributed by atoms with Crippen LogP contribution in [0.25, 0.3) is 5.82 Å². The first kappa shape index (κ1) is 12.5. The number of nitrogens with zero attached hydrogens (tertiary/aromatic N) is 5. The minimum absolute atomic E-state index is 0.630. The second-order valence-electron chi connectivity index (χ2n) is 4.25. The van der Waals surface area contributed by atoms with Gasteiger partial charge in [0.1, 0.15) is 11.6 Å². The summed E-state index contributed by atoms with van der Waals surface area (Å²) in [6.07, 6.45) is 2.84. The van der Waals surface area contributed by atoms with E-state index in [1.54, 1.807) is 10.9 Å². The molecule has 0 spiro atoms. The van der Waals surface area contributed by atoms with Crippen molar-refractivity contribution in [3.8, 4) is 5.82 Å². The van der Waals surface area contributed by atoms with Gasteiger partial charge in [-0.05, 0) is 27.2 Å². The first-order chi connectivity index (χ1) is 8.61. The lowest BCUT2D eigenvalue weighted by Gasteiger charge is -2.08. The summed E-state index contributed by atoms with van der Waals surface area (Å²) in [5, 5.41) is 7.52. The van der Waals surface area contributed by atoms with Gasteiger partial charge < -0.3 is 5.32 Å². The highest BCUT2D eigenvalue weighted by Crippen LogP contribution is 2.13. The van der Waals surface area contributed by atoms with E-state index >= 15 is 0 Å². The van der Waals surface area contributed by atoms with Crippen molar-refractivity contribution in [2.24, 2.45) is 0 Å². The Morgan fingerprint density at radius 1 is 1.22 bits per heavy atom. The molecule has 0 bridgehead atoms. The SMILES string of the molecule is CCCNc1ncc(C)c(-n2nc(C)nc2C)n1. The van der Waals surface area contributed by atoms with Crippen LogP contribution in [0.2, 0.25) is 0 Å². The van der Waals surface area contributed by atoms with Crippen LogP contribution < -0.4 is 5.32 Å². The van der Waals surface area contributed by atoms with E-state index in [4.69, 9.17) is 0 Å². The van der Waals surface area contributed by atoms with Crippen LogP contribution >= 0.6 is 0 Å². The van der Waals surface area contributed by atoms with E-state index in [0.29, 0.717) is 5.95 Å². The van der Waals surface area contributed by atoms with Crippen molar-refractivity contribution in [1.82, 2.24) is 24.7 Å². The van der Waals surface area contributed by atoms with E-state index in [1.165, 1.54) is 0 Å². The Morgan fingerprint density at radius 2 is 2.00 bits per heavy atom. The van der Waals surface area contributed by atoms with E-state index in [0.717, 1.165) is 36.0 Å². The third-order valence-electron chi connectivity index (χ3n) is 2.55. The fraction of sp³-hybridized carbons (Fsp3) is 0.500. The molecule has 0 aliphatic carbocycles. The topological polar surface area (TPSA) is 68.5 Å². The summed E-state index contributed by atoms with van der Waals surface area (Å²) < 4.78 is 1.75. The van der Waals surface area contributed by atoms with Gasteiger partial charge in [-0.2, -0.15) is 9.67 Å². The van der Waals surface area contributed by atoms with Crippen LogP contribution in [0.3, 0.4) is 0 Å². The maximum absolute atomic E-state index is 4.49. The van der Waals surface area contributed by atoms with Gasteiger partial charge in [-0.3, -0.25) is 0 Å². The molecule has 0 aliphatic heterocycles. The zero-order valence-electron chi connectivity index (χ0n) is 11.2. The lowest BCUT2D eigenvalue weighted by molar-refractivity contribution is 0.789. The maximum atomic E-state index is 4.49. The van der Waals surface area contributed by atoms with Gasteiger partial charge in [-0.1, -0.05) is 6.92 Å². The smallest absolute Gasteiger partial charge is 0.224 e. The molecular formula is C12H18N6. The number of rotatable bonds is 4. The Bertz CT molecular complexity index is 545. The van der Waals surface area contributed by atoms with Gasteiger partial charge in [-0.15, -0.1) is 5.10 Å². The highest BCUT2D eigenvalue weighted by Gasteiger charge is 2.10. The molecular weight excluding hydrogens is 228 g/mol. The minimum Gasteiger partial charge on any atom is -0.354 e. The zero-order valence-corrected chi connectivity index (χ0v) is 11.2. The molecule has 2 rings (SSSR count). The van der Waals surface area contributed by atoms with Gasteiger partial charge in [0.2, 0.25) is 5.95 Å². The molecule has 2 aromatic rings. The number of hydrogen-bond acceptors (Lipinski definition) is 5. The second kappa shape index (κ2) is 5.12. The fourth-order valence-electron chi connectivity index (χ4n) is 1.69. The van der Waals surface area contributed by atoms with Crippen LogP contribution in [0.5, 0.6) is 0 Å². The molecule has 0 fully saturated rings. The van der Waals surface area contributed by atoms with E-state index in [-0.39, 0.29) is 0 Å². The van der Waals surface area contributed by atoms with E-state index in [9.17, 15) is 0 Å². The summed E-state index contributed by atoms with van der Waals surface area (Å²) in [5.74, 6) is 2.98. The van der Waals surface area contributed by atoms with Gasteiger partial charge in [0.25, 0.3) is 0 Å². The van der Waals surface area contributed by atoms with Crippen LogP contribution in [-0.2, 0) is 0 Å². The van der Waals surface area contributed by atoms with Gasteiger partial charge in [0.05, 0.1) is 0 Å². The third-order valence-corrected chi connectivity index (χ3v) is 2.55. The number of anilines is 1. The summed E-state index contributed by atoms with van der Waals surface area (Å²) >= 11 is 0. The molecule has 0 unspecified atom stereocenters. The Hall–Kier alpha value is -1.98. The van der Waals surface area contributed by atoms with Gasteiger partial charge >= 0.3 is 0 Å². The average Bonchev–Trinajstić information content (AvgIpc) is 2.67. The first-order valence-electron chi connectivity index (χ1n) is 6.10. The van der Waals surface area contributed by atoms with Crippen LogP contribution in [0.1, 0.15) is 30.6 Å². The summed E-state index contributed by atoms with van der Waals surface area (Å²) in [6, 6.07) is 0. The zero-order chi connectivity index (χ0) is 13.1. The first-order valence-corrected chi connectivity index (χ1v) is 6.10. The maximum Gasteiger partial charge on any atom is 0.224 e. The highest BCUT2D eigenvalue weighted by molar-refractivity contribution is 5.37. The molecule has 1 N–H and O–H groups in total. The fourth-order valence-corrected chi connectivity index (χ4v) is 1.69. The Balaban J connectivity index is 2.40. The standard InChI is InChI=1S/C12H18N6/c1-5-6-13-12-14-7-8(2)11(16-12)18-10(4)15-9(3)17-18/h7H,5-6H2,1-4H3,(H,13,14,16). The Morgan fingerprint density at radius 3 is 2.61 bits per heavy atom. The Labute approximate surface area is 106 Å². The molecule has 6 nitrogen and oxygen atoms in total. The van der Waals surface area contributed by atoms with Crippen molar-refractivity contribution in [2.45, 2.75) is 34.1 Å². The van der Waals surface area contributed by atoms with Crippen LogP contribution in [0, 0.1) is 20.8 Å². The van der Waals surface area contributed by atoms with Crippen molar-refractivity contribution in [2.75, 3.05) is 11.9 Å². The molecule has 0 saturated carbocycles. The second-order valence-corrected chi connectivity index (χ2v) is 4.25. The molecule has 96 valence electrons. The van der Waals surface area contributed by atoms with Crippen molar-refractivity contribution in [3.63, 3.8) is 0 Å². The van der Waals surface area contributed by atoms with Gasteiger partial charge in [-0.25, -0.2) is 9.97 Å². The number of hydrogen-bond donors (Lipinski definition) is 1. The van der Waals surface area contributed by atoms with E-state index in [1.807, 2.05) is 20.8 Å². The molecule has 0 atom stereocenters. The normalized spacial score (nSPS) is 10.7. The molecule has 2 aromatic heterocycles. The van der Waals surface area contributed by atoms with E-state index < -0.39 is 0 Å². The number of nitrogens with one attached hydrogen (secondary N) is 1. The summed E-state index contributed by atoms with van der Waals surface area (Å²) in [5.41, 5.74) is 0.977. The molecule has 18 heavy (non-hydrogen) atoms. The lowest BCUT2D eigenvalue weighted by atomic mass is 10.3. The van der Waals surface area contributed by atoms with Crippen LogP contribution in [0.4, 0.5) is 5.95 Å². The van der Waals surface area contributed by atoms with Crippen LogP contribution in [0.15, 0.2) is 6.20 Å². The lowest BCUT2D eigenvalue weighted by Crippen LogP contribution is -2.10. The van der Waals surface area contributed by atoms with Gasteiger partial charge in [0.15, 0.2) is 5.82 Å². The molecule has 0 radical (unpaired) electrons. The highest BCUT2D eigenvalue weighted by atomic mass is 15.4. The number of aromatic nitrogens is 5. The predicted molar refractivity (Wildman–Crippen MR) is 69.9 cm³/mol. The summed E-state index contributed by atoms with van der Waals surface area (Å²) in [4.78, 5) is 13.0. The molecule has 0 amide bonds. The van der Waals surface area contributed by atoms with Crippen molar-refractivity contribution >= 4 is 5.95 Å². The largest absolute Gasteiger partial charge is 0.354 e. The molecule has 0 aromatic carbocycles. The minimum atomic E-state index is 0.630. The molecule has 6 heteroatoms. The summed E-state index contributed by atoms with van der Waals surface area (Å²) in [6.45, 7) is 8.72. The number of aryl methyl sites for hydroxylation is 3. The molecule has 0 aliphatic rings. The van der Waals surface area contributed by atoms with Crippen LogP contribution in [-0.4, -0.2) is 31.3 Å². The summed E-state index contributed by atoms with van der Waals surface area (Å²) in [7, 11) is 0. The van der Waals surface area contributed by atoms with Crippen molar-refractivity contribution < 1.29 is 0 Å². The van der Waals surface area contributed by atoms with E-state index in [2.05, 4.69) is 32.3 Å². The molecule has 0 saturated heterocycles. The predicted octanol–water partition coefficient (Wildman–Crippen LogP) is 1.80. The average molecular weight is 246 g/mol. The third kappa shape index (κ3) is 2.47. The Kier molecular flexibility index (Phi) is 3.55. The monoisotopic (exact) mass is 246 g/mol. The van der Waals surface area contributed by atoms with Gasteiger partial charge in [0, 0.05) is 18.3 Å². The molecule has 2 heterocycles. The quantitative estimate of drug-likeness (QED) is 0.891. The van der Waals surface area contributed by atoms with Crippen molar-refractivity contribution in [1.29, 1.82) is 0 Å².